The number of esters is 1. The molecule has 0 aliphatic carbocycles. The van der Waals surface area contributed by atoms with Crippen LogP contribution in [-0.2, 0) is 16.3 Å². The normalized spacial score (nSPS) is 10.6. The zero-order valence-corrected chi connectivity index (χ0v) is 15.4. The van der Waals surface area contributed by atoms with Crippen LogP contribution in [0.4, 0.5) is 0 Å². The summed E-state index contributed by atoms with van der Waals surface area (Å²) in [6, 6.07) is 24.2. The average molecular weight is 387 g/mol. The molecule has 0 amide bonds. The topological polar surface area (TPSA) is 83.3 Å². The largest absolute Gasteiger partial charge is 0.482 e. The van der Waals surface area contributed by atoms with Crippen molar-refractivity contribution in [2.45, 2.75) is 6.73 Å². The minimum atomic E-state index is -0.612. The molecule has 0 aliphatic rings. The number of ether oxygens (including phenoxy) is 2. The van der Waals surface area contributed by atoms with E-state index in [9.17, 15) is 9.59 Å². The van der Waals surface area contributed by atoms with E-state index in [1.54, 1.807) is 36.4 Å². The zero-order chi connectivity index (χ0) is 20.1. The summed E-state index contributed by atoms with van der Waals surface area (Å²) in [6.07, 6.45) is 0. The van der Waals surface area contributed by atoms with Gasteiger partial charge in [-0.25, -0.2) is 4.79 Å². The fourth-order valence-electron chi connectivity index (χ4n) is 2.80. The lowest BCUT2D eigenvalue weighted by Crippen LogP contribution is -2.27. The Morgan fingerprint density at radius 3 is 2.34 bits per heavy atom. The van der Waals surface area contributed by atoms with Gasteiger partial charge in [0, 0.05) is 0 Å². The number of fused-ring (bicyclic) bond motifs is 1. The Morgan fingerprint density at radius 1 is 0.862 bits per heavy atom. The van der Waals surface area contributed by atoms with Crippen molar-refractivity contribution < 1.29 is 14.3 Å². The Balaban J connectivity index is 1.32. The molecule has 0 saturated carbocycles. The summed E-state index contributed by atoms with van der Waals surface area (Å²) in [4.78, 5) is 24.2. The van der Waals surface area contributed by atoms with Crippen LogP contribution < -0.4 is 10.3 Å². The molecule has 0 spiro atoms. The molecule has 0 fully saturated rings. The van der Waals surface area contributed by atoms with E-state index in [2.05, 4.69) is 10.3 Å². The second-order valence-electron chi connectivity index (χ2n) is 6.24. The number of carbonyl (C=O) groups excluding carboxylic acids is 1. The molecule has 0 N–H and O–H groups in total. The first kappa shape index (κ1) is 18.4. The maximum absolute atomic E-state index is 12.3. The number of rotatable bonds is 6. The highest BCUT2D eigenvalue weighted by Crippen LogP contribution is 2.22. The highest BCUT2D eigenvalue weighted by molar-refractivity contribution is 5.76. The lowest BCUT2D eigenvalue weighted by Gasteiger charge is -2.09. The summed E-state index contributed by atoms with van der Waals surface area (Å²) in [5, 5.41) is 8.12. The SMILES string of the molecule is O=C(COc1ccc(-c2ccccc2)cc1)OCn1nnc2ccccc2c1=O. The van der Waals surface area contributed by atoms with Crippen molar-refractivity contribution in [2.24, 2.45) is 0 Å². The summed E-state index contributed by atoms with van der Waals surface area (Å²) in [7, 11) is 0. The molecule has 144 valence electrons. The van der Waals surface area contributed by atoms with Crippen LogP contribution in [0.2, 0.25) is 0 Å². The summed E-state index contributed by atoms with van der Waals surface area (Å²) >= 11 is 0. The van der Waals surface area contributed by atoms with Crippen molar-refractivity contribution >= 4 is 16.9 Å². The van der Waals surface area contributed by atoms with Crippen LogP contribution in [-0.4, -0.2) is 27.6 Å². The van der Waals surface area contributed by atoms with Crippen molar-refractivity contribution in [1.82, 2.24) is 15.0 Å². The smallest absolute Gasteiger partial charge is 0.345 e. The van der Waals surface area contributed by atoms with E-state index in [0.717, 1.165) is 15.8 Å². The maximum Gasteiger partial charge on any atom is 0.345 e. The highest BCUT2D eigenvalue weighted by Gasteiger charge is 2.09. The van der Waals surface area contributed by atoms with Gasteiger partial charge in [0.25, 0.3) is 5.56 Å². The molecule has 29 heavy (non-hydrogen) atoms. The molecule has 7 nitrogen and oxygen atoms in total. The van der Waals surface area contributed by atoms with E-state index < -0.39 is 5.97 Å². The number of nitrogens with zero attached hydrogens (tertiary/aromatic N) is 3. The maximum atomic E-state index is 12.3. The second kappa shape index (κ2) is 8.35. The van der Waals surface area contributed by atoms with E-state index in [4.69, 9.17) is 9.47 Å². The minimum Gasteiger partial charge on any atom is -0.482 e. The summed E-state index contributed by atoms with van der Waals surface area (Å²) < 4.78 is 11.5. The lowest BCUT2D eigenvalue weighted by atomic mass is 10.1. The van der Waals surface area contributed by atoms with Crippen molar-refractivity contribution in [1.29, 1.82) is 0 Å². The Labute approximate surface area is 166 Å². The van der Waals surface area contributed by atoms with Crippen LogP contribution >= 0.6 is 0 Å². The van der Waals surface area contributed by atoms with Crippen LogP contribution in [0.25, 0.3) is 22.0 Å². The van der Waals surface area contributed by atoms with Gasteiger partial charge in [-0.05, 0) is 35.4 Å². The van der Waals surface area contributed by atoms with E-state index in [1.165, 1.54) is 0 Å². The molecule has 4 aromatic rings. The van der Waals surface area contributed by atoms with Gasteiger partial charge in [-0.2, -0.15) is 4.68 Å². The van der Waals surface area contributed by atoms with Gasteiger partial charge in [-0.1, -0.05) is 59.8 Å². The fourth-order valence-corrected chi connectivity index (χ4v) is 2.80. The molecule has 0 saturated heterocycles. The Hall–Kier alpha value is -4.00. The van der Waals surface area contributed by atoms with Crippen LogP contribution in [0, 0.1) is 0 Å². The van der Waals surface area contributed by atoms with Crippen LogP contribution in [0.15, 0.2) is 83.7 Å². The van der Waals surface area contributed by atoms with Crippen LogP contribution in [0.1, 0.15) is 0 Å². The van der Waals surface area contributed by atoms with Crippen LogP contribution in [0.5, 0.6) is 5.75 Å². The standard InChI is InChI=1S/C22H17N3O4/c26-21(29-15-25-22(27)19-8-4-5-9-20(19)23-24-25)14-28-18-12-10-17(11-13-18)16-6-2-1-3-7-16/h1-13H,14-15H2. The van der Waals surface area contributed by atoms with Crippen molar-refractivity contribution in [3.05, 3.63) is 89.2 Å². The number of hydrogen-bond acceptors (Lipinski definition) is 6. The molecule has 1 heterocycles. The zero-order valence-electron chi connectivity index (χ0n) is 15.4. The third-order valence-electron chi connectivity index (χ3n) is 4.30. The summed E-state index contributed by atoms with van der Waals surface area (Å²) in [6.45, 7) is -0.605. The Kier molecular flexibility index (Phi) is 5.29. The molecule has 7 heteroatoms. The van der Waals surface area contributed by atoms with E-state index in [1.807, 2.05) is 42.5 Å². The first-order valence-corrected chi connectivity index (χ1v) is 8.97. The molecular weight excluding hydrogens is 370 g/mol. The average Bonchev–Trinajstić information content (AvgIpc) is 2.78. The Bertz CT molecular complexity index is 1190. The monoisotopic (exact) mass is 387 g/mol. The molecule has 0 atom stereocenters. The van der Waals surface area contributed by atoms with Crippen molar-refractivity contribution in [3.8, 4) is 16.9 Å². The second-order valence-corrected chi connectivity index (χ2v) is 6.24. The number of carbonyl (C=O) groups is 1. The third kappa shape index (κ3) is 4.30. The van der Waals surface area contributed by atoms with Crippen molar-refractivity contribution in [3.63, 3.8) is 0 Å². The van der Waals surface area contributed by atoms with Crippen molar-refractivity contribution in [2.75, 3.05) is 6.61 Å². The molecular formula is C22H17N3O4. The number of benzene rings is 3. The van der Waals surface area contributed by atoms with Gasteiger partial charge >= 0.3 is 5.97 Å². The molecule has 3 aromatic carbocycles. The predicted molar refractivity (Wildman–Crippen MR) is 107 cm³/mol. The minimum absolute atomic E-state index is 0.277. The third-order valence-corrected chi connectivity index (χ3v) is 4.30. The molecule has 0 aliphatic heterocycles. The van der Waals surface area contributed by atoms with Gasteiger partial charge in [0.1, 0.15) is 11.3 Å². The van der Waals surface area contributed by atoms with E-state index >= 15 is 0 Å². The van der Waals surface area contributed by atoms with Gasteiger partial charge < -0.3 is 9.47 Å². The van der Waals surface area contributed by atoms with Gasteiger partial charge in [0.05, 0.1) is 5.39 Å². The first-order valence-electron chi connectivity index (χ1n) is 8.97. The molecule has 0 radical (unpaired) electrons. The fraction of sp³-hybridized carbons (Fsp3) is 0.0909. The summed E-state index contributed by atoms with van der Waals surface area (Å²) in [5.41, 5.74) is 2.26. The summed E-state index contributed by atoms with van der Waals surface area (Å²) in [5.74, 6) is -0.0664. The molecule has 0 unspecified atom stereocenters. The van der Waals surface area contributed by atoms with Crippen LogP contribution in [0.3, 0.4) is 0 Å². The number of aromatic nitrogens is 3. The van der Waals surface area contributed by atoms with Gasteiger partial charge in [-0.15, -0.1) is 5.10 Å². The van der Waals surface area contributed by atoms with E-state index in [0.29, 0.717) is 16.7 Å². The van der Waals surface area contributed by atoms with Gasteiger partial charge in [0.15, 0.2) is 13.3 Å². The van der Waals surface area contributed by atoms with E-state index in [-0.39, 0.29) is 18.9 Å². The molecule has 1 aromatic heterocycles. The predicted octanol–water partition coefficient (Wildman–Crippen LogP) is 3.04. The lowest BCUT2D eigenvalue weighted by molar-refractivity contribution is -0.150. The quantitative estimate of drug-likeness (QED) is 0.473. The Morgan fingerprint density at radius 2 is 1.55 bits per heavy atom. The number of hydrogen-bond donors (Lipinski definition) is 0. The molecule has 4 rings (SSSR count). The highest BCUT2D eigenvalue weighted by atomic mass is 16.6. The molecule has 0 bridgehead atoms. The first-order chi connectivity index (χ1) is 14.2. The van der Waals surface area contributed by atoms with Gasteiger partial charge in [0.2, 0.25) is 0 Å². The van der Waals surface area contributed by atoms with Gasteiger partial charge in [-0.3, -0.25) is 4.79 Å².